The lowest BCUT2D eigenvalue weighted by atomic mass is 10.3. The molecule has 0 aliphatic heterocycles. The quantitative estimate of drug-likeness (QED) is 0.690. The van der Waals surface area contributed by atoms with Crippen molar-refractivity contribution in [1.82, 2.24) is 5.32 Å². The zero-order valence-electron chi connectivity index (χ0n) is 13.3. The standard InChI is InChI=1S/C17H18BrFN2O2S/c1-11(10-23-16-6-4-3-5-15(16)22-2)20-17(24)21-14-8-7-12(18)9-13(14)19/h3-9,11H,10H2,1-2H3,(H2,20,21,24). The zero-order valence-corrected chi connectivity index (χ0v) is 15.7. The van der Waals surface area contributed by atoms with Crippen LogP contribution < -0.4 is 20.1 Å². The average molecular weight is 413 g/mol. The SMILES string of the molecule is COc1ccccc1OCC(C)NC(=S)Nc1ccc(Br)cc1F. The normalized spacial score (nSPS) is 11.5. The van der Waals surface area contributed by atoms with E-state index in [-0.39, 0.29) is 11.9 Å². The van der Waals surface area contributed by atoms with E-state index in [0.717, 1.165) is 0 Å². The summed E-state index contributed by atoms with van der Waals surface area (Å²) in [6, 6.07) is 12.1. The summed E-state index contributed by atoms with van der Waals surface area (Å²) in [5, 5.41) is 6.21. The van der Waals surface area contributed by atoms with Gasteiger partial charge in [-0.2, -0.15) is 0 Å². The summed E-state index contributed by atoms with van der Waals surface area (Å²) in [6.45, 7) is 2.30. The van der Waals surface area contributed by atoms with Crippen LogP contribution in [0.3, 0.4) is 0 Å². The van der Waals surface area contributed by atoms with Crippen LogP contribution in [0.5, 0.6) is 11.5 Å². The lowest BCUT2D eigenvalue weighted by Crippen LogP contribution is -2.39. The number of methoxy groups -OCH3 is 1. The summed E-state index contributed by atoms with van der Waals surface area (Å²) in [7, 11) is 1.59. The number of hydrogen-bond acceptors (Lipinski definition) is 3. The van der Waals surface area contributed by atoms with E-state index >= 15 is 0 Å². The second-order valence-corrected chi connectivity index (χ2v) is 6.41. The molecule has 0 amide bonds. The number of para-hydroxylation sites is 2. The van der Waals surface area contributed by atoms with Crippen molar-refractivity contribution in [3.05, 3.63) is 52.8 Å². The molecule has 2 rings (SSSR count). The van der Waals surface area contributed by atoms with E-state index in [1.807, 2.05) is 31.2 Å². The smallest absolute Gasteiger partial charge is 0.171 e. The van der Waals surface area contributed by atoms with Gasteiger partial charge < -0.3 is 20.1 Å². The third-order valence-electron chi connectivity index (χ3n) is 3.11. The fourth-order valence-electron chi connectivity index (χ4n) is 1.97. The van der Waals surface area contributed by atoms with Crippen molar-refractivity contribution in [2.24, 2.45) is 0 Å². The summed E-state index contributed by atoms with van der Waals surface area (Å²) in [4.78, 5) is 0. The van der Waals surface area contributed by atoms with Gasteiger partial charge in [0.1, 0.15) is 12.4 Å². The van der Waals surface area contributed by atoms with Gasteiger partial charge in [0.2, 0.25) is 0 Å². The second-order valence-electron chi connectivity index (χ2n) is 5.09. The molecule has 1 unspecified atom stereocenters. The number of hydrogen-bond donors (Lipinski definition) is 2. The molecule has 0 radical (unpaired) electrons. The number of thiocarbonyl (C=S) groups is 1. The highest BCUT2D eigenvalue weighted by atomic mass is 79.9. The Bertz CT molecular complexity index is 715. The van der Waals surface area contributed by atoms with Gasteiger partial charge in [-0.1, -0.05) is 28.1 Å². The first-order valence-corrected chi connectivity index (χ1v) is 8.48. The van der Waals surface area contributed by atoms with Gasteiger partial charge in [-0.15, -0.1) is 0 Å². The number of benzene rings is 2. The van der Waals surface area contributed by atoms with Crippen LogP contribution in [-0.4, -0.2) is 24.9 Å². The number of halogens is 2. The van der Waals surface area contributed by atoms with E-state index in [9.17, 15) is 4.39 Å². The summed E-state index contributed by atoms with van der Waals surface area (Å²) < 4.78 is 25.4. The predicted molar refractivity (Wildman–Crippen MR) is 101 cm³/mol. The first-order valence-electron chi connectivity index (χ1n) is 7.28. The van der Waals surface area contributed by atoms with Crippen LogP contribution in [0, 0.1) is 5.82 Å². The molecule has 0 aliphatic rings. The fourth-order valence-corrected chi connectivity index (χ4v) is 2.61. The molecule has 0 saturated carbocycles. The molecule has 0 heterocycles. The number of ether oxygens (including phenoxy) is 2. The minimum atomic E-state index is -0.383. The number of nitrogens with one attached hydrogen (secondary N) is 2. The van der Waals surface area contributed by atoms with Gasteiger partial charge in [0.15, 0.2) is 16.6 Å². The molecular weight excluding hydrogens is 395 g/mol. The van der Waals surface area contributed by atoms with Crippen molar-refractivity contribution in [2.45, 2.75) is 13.0 Å². The monoisotopic (exact) mass is 412 g/mol. The van der Waals surface area contributed by atoms with Gasteiger partial charge in [0, 0.05) is 4.47 Å². The molecule has 2 aromatic carbocycles. The van der Waals surface area contributed by atoms with E-state index in [2.05, 4.69) is 26.6 Å². The van der Waals surface area contributed by atoms with Crippen molar-refractivity contribution in [1.29, 1.82) is 0 Å². The van der Waals surface area contributed by atoms with Crippen molar-refractivity contribution in [3.63, 3.8) is 0 Å². The summed E-state index contributed by atoms with van der Waals surface area (Å²) in [5.74, 6) is 0.945. The zero-order chi connectivity index (χ0) is 17.5. The first kappa shape index (κ1) is 18.5. The molecule has 24 heavy (non-hydrogen) atoms. The van der Waals surface area contributed by atoms with Crippen LogP contribution in [0.1, 0.15) is 6.92 Å². The lowest BCUT2D eigenvalue weighted by Gasteiger charge is -2.18. The molecule has 0 fully saturated rings. The molecule has 0 spiro atoms. The molecule has 0 bridgehead atoms. The van der Waals surface area contributed by atoms with E-state index in [0.29, 0.717) is 33.4 Å². The second kappa shape index (κ2) is 8.84. The van der Waals surface area contributed by atoms with Crippen LogP contribution >= 0.6 is 28.1 Å². The highest BCUT2D eigenvalue weighted by Gasteiger charge is 2.10. The molecule has 0 saturated heterocycles. The van der Waals surface area contributed by atoms with Gasteiger partial charge in [0.05, 0.1) is 18.8 Å². The molecule has 7 heteroatoms. The Balaban J connectivity index is 1.85. The maximum atomic E-state index is 13.8. The van der Waals surface area contributed by atoms with Gasteiger partial charge in [-0.25, -0.2) is 4.39 Å². The molecule has 128 valence electrons. The molecule has 1 atom stereocenters. The van der Waals surface area contributed by atoms with Gasteiger partial charge in [-0.3, -0.25) is 0 Å². The molecule has 0 aliphatic carbocycles. The molecule has 4 nitrogen and oxygen atoms in total. The van der Waals surface area contributed by atoms with E-state index in [1.165, 1.54) is 6.07 Å². The van der Waals surface area contributed by atoms with Crippen molar-refractivity contribution >= 4 is 38.9 Å². The minimum Gasteiger partial charge on any atom is -0.493 e. The largest absolute Gasteiger partial charge is 0.493 e. The van der Waals surface area contributed by atoms with Crippen LogP contribution in [0.25, 0.3) is 0 Å². The van der Waals surface area contributed by atoms with Crippen LogP contribution in [0.4, 0.5) is 10.1 Å². The van der Waals surface area contributed by atoms with Crippen LogP contribution in [-0.2, 0) is 0 Å². The van der Waals surface area contributed by atoms with Crippen molar-refractivity contribution in [3.8, 4) is 11.5 Å². The first-order chi connectivity index (χ1) is 11.5. The van der Waals surface area contributed by atoms with Gasteiger partial charge >= 0.3 is 0 Å². The van der Waals surface area contributed by atoms with Crippen LogP contribution in [0.2, 0.25) is 0 Å². The highest BCUT2D eigenvalue weighted by Crippen LogP contribution is 2.25. The van der Waals surface area contributed by atoms with Crippen LogP contribution in [0.15, 0.2) is 46.9 Å². The van der Waals surface area contributed by atoms with Crippen molar-refractivity contribution < 1.29 is 13.9 Å². The molecule has 2 aromatic rings. The summed E-state index contributed by atoms with van der Waals surface area (Å²) >= 11 is 8.42. The Kier molecular flexibility index (Phi) is 6.81. The summed E-state index contributed by atoms with van der Waals surface area (Å²) in [6.07, 6.45) is 0. The Morgan fingerprint density at radius 3 is 2.62 bits per heavy atom. The predicted octanol–water partition coefficient (Wildman–Crippen LogP) is 4.35. The van der Waals surface area contributed by atoms with E-state index < -0.39 is 0 Å². The van der Waals surface area contributed by atoms with Gasteiger partial charge in [-0.05, 0) is 49.5 Å². The third-order valence-corrected chi connectivity index (χ3v) is 3.83. The minimum absolute atomic E-state index is 0.0755. The highest BCUT2D eigenvalue weighted by molar-refractivity contribution is 9.10. The Morgan fingerprint density at radius 1 is 1.25 bits per heavy atom. The summed E-state index contributed by atoms with van der Waals surface area (Å²) in [5.41, 5.74) is 0.313. The number of rotatable bonds is 6. The fraction of sp³-hybridized carbons (Fsp3) is 0.235. The Morgan fingerprint density at radius 2 is 1.96 bits per heavy atom. The molecule has 0 aromatic heterocycles. The maximum Gasteiger partial charge on any atom is 0.171 e. The lowest BCUT2D eigenvalue weighted by molar-refractivity contribution is 0.270. The topological polar surface area (TPSA) is 42.5 Å². The average Bonchev–Trinajstić information content (AvgIpc) is 2.55. The van der Waals surface area contributed by atoms with Crippen molar-refractivity contribution in [2.75, 3.05) is 19.0 Å². The molecular formula is C17H18BrFN2O2S. The Labute approximate surface area is 154 Å². The van der Waals surface area contributed by atoms with Gasteiger partial charge in [0.25, 0.3) is 0 Å². The maximum absolute atomic E-state index is 13.8. The Hall–Kier alpha value is -1.86. The third kappa shape index (κ3) is 5.35. The number of anilines is 1. The van der Waals surface area contributed by atoms with E-state index in [4.69, 9.17) is 21.7 Å². The van der Waals surface area contributed by atoms with E-state index in [1.54, 1.807) is 19.2 Å². The molecule has 2 N–H and O–H groups in total.